The zero-order valence-electron chi connectivity index (χ0n) is 11.3. The van der Waals surface area contributed by atoms with E-state index in [0.717, 1.165) is 25.7 Å². The molecule has 3 rings (SSSR count). The summed E-state index contributed by atoms with van der Waals surface area (Å²) in [5.41, 5.74) is 0.584. The van der Waals surface area contributed by atoms with Gasteiger partial charge in [0.1, 0.15) is 13.2 Å². The van der Waals surface area contributed by atoms with Crippen molar-refractivity contribution in [3.05, 3.63) is 23.8 Å². The molecule has 5 nitrogen and oxygen atoms in total. The van der Waals surface area contributed by atoms with Gasteiger partial charge in [0.05, 0.1) is 6.10 Å². The minimum atomic E-state index is -0.211. The fraction of sp³-hybridized carbons (Fsp3) is 0.533. The molecular formula is C15H19NO4. The number of hydrogen-bond acceptors (Lipinski definition) is 4. The number of carbonyl (C=O) groups is 1. The molecule has 20 heavy (non-hydrogen) atoms. The van der Waals surface area contributed by atoms with Gasteiger partial charge in [0, 0.05) is 11.6 Å². The number of nitrogens with one attached hydrogen (secondary N) is 1. The van der Waals surface area contributed by atoms with Gasteiger partial charge in [0.15, 0.2) is 11.5 Å². The van der Waals surface area contributed by atoms with E-state index in [1.54, 1.807) is 18.2 Å². The predicted molar refractivity (Wildman–Crippen MR) is 73.2 cm³/mol. The molecule has 2 aliphatic rings. The zero-order chi connectivity index (χ0) is 13.9. The molecule has 1 aliphatic heterocycles. The highest BCUT2D eigenvalue weighted by molar-refractivity contribution is 5.95. The Morgan fingerprint density at radius 1 is 1.10 bits per heavy atom. The van der Waals surface area contributed by atoms with Crippen molar-refractivity contribution in [2.75, 3.05) is 13.2 Å². The van der Waals surface area contributed by atoms with Crippen LogP contribution in [0.25, 0.3) is 0 Å². The summed E-state index contributed by atoms with van der Waals surface area (Å²) in [4.78, 5) is 12.2. The van der Waals surface area contributed by atoms with Crippen molar-refractivity contribution in [1.29, 1.82) is 0 Å². The summed E-state index contributed by atoms with van der Waals surface area (Å²) in [5, 5.41) is 12.5. The average Bonchev–Trinajstić information content (AvgIpc) is 2.49. The smallest absolute Gasteiger partial charge is 0.251 e. The van der Waals surface area contributed by atoms with Crippen LogP contribution in [-0.2, 0) is 0 Å². The lowest BCUT2D eigenvalue weighted by Crippen LogP contribution is -2.38. The Kier molecular flexibility index (Phi) is 3.78. The molecule has 0 unspecified atom stereocenters. The molecule has 1 aromatic rings. The first-order chi connectivity index (χ1) is 9.72. The molecule has 2 N–H and O–H groups in total. The lowest BCUT2D eigenvalue weighted by molar-refractivity contribution is 0.0866. The Bertz CT molecular complexity index is 495. The molecule has 5 heteroatoms. The Morgan fingerprint density at radius 2 is 1.80 bits per heavy atom. The number of aliphatic hydroxyl groups excluding tert-OH is 1. The summed E-state index contributed by atoms with van der Waals surface area (Å²) in [6, 6.07) is 5.40. The van der Waals surface area contributed by atoms with Crippen LogP contribution >= 0.6 is 0 Å². The van der Waals surface area contributed by atoms with Crippen molar-refractivity contribution >= 4 is 5.91 Å². The van der Waals surface area contributed by atoms with E-state index in [1.807, 2.05) is 0 Å². The molecule has 1 saturated carbocycles. The van der Waals surface area contributed by atoms with E-state index in [4.69, 9.17) is 9.47 Å². The van der Waals surface area contributed by atoms with E-state index in [-0.39, 0.29) is 18.1 Å². The first kappa shape index (κ1) is 13.2. The molecule has 0 saturated heterocycles. The van der Waals surface area contributed by atoms with Crippen molar-refractivity contribution in [2.45, 2.75) is 37.8 Å². The van der Waals surface area contributed by atoms with Crippen LogP contribution in [0.15, 0.2) is 18.2 Å². The molecule has 1 fully saturated rings. The maximum atomic E-state index is 12.2. The monoisotopic (exact) mass is 277 g/mol. The minimum Gasteiger partial charge on any atom is -0.486 e. The van der Waals surface area contributed by atoms with Crippen LogP contribution in [0.4, 0.5) is 0 Å². The summed E-state index contributed by atoms with van der Waals surface area (Å²) < 4.78 is 10.9. The molecule has 1 heterocycles. The largest absolute Gasteiger partial charge is 0.486 e. The summed E-state index contributed by atoms with van der Waals surface area (Å²) in [6.45, 7) is 1.06. The number of hydrogen-bond donors (Lipinski definition) is 2. The molecule has 0 atom stereocenters. The van der Waals surface area contributed by atoms with Crippen LogP contribution in [-0.4, -0.2) is 36.4 Å². The summed E-state index contributed by atoms with van der Waals surface area (Å²) in [5.74, 6) is 1.22. The third kappa shape index (κ3) is 2.88. The van der Waals surface area contributed by atoms with Crippen molar-refractivity contribution in [1.82, 2.24) is 5.32 Å². The van der Waals surface area contributed by atoms with Crippen LogP contribution in [0.5, 0.6) is 11.5 Å². The predicted octanol–water partition coefficient (Wildman–Crippen LogP) is 1.49. The number of ether oxygens (including phenoxy) is 2. The van der Waals surface area contributed by atoms with E-state index >= 15 is 0 Å². The minimum absolute atomic E-state index is 0.0941. The highest BCUT2D eigenvalue weighted by Crippen LogP contribution is 2.30. The number of rotatable bonds is 2. The SMILES string of the molecule is O=C(NC1CCC(O)CC1)c1ccc2c(c1)OCCO2. The summed E-state index contributed by atoms with van der Waals surface area (Å²) >= 11 is 0. The summed E-state index contributed by atoms with van der Waals surface area (Å²) in [7, 11) is 0. The second-order valence-electron chi connectivity index (χ2n) is 5.34. The van der Waals surface area contributed by atoms with Gasteiger partial charge in [0.2, 0.25) is 0 Å². The number of carbonyl (C=O) groups excluding carboxylic acids is 1. The summed E-state index contributed by atoms with van der Waals surface area (Å²) in [6.07, 6.45) is 2.96. The van der Waals surface area contributed by atoms with Crippen molar-refractivity contribution in [3.63, 3.8) is 0 Å². The molecule has 0 spiro atoms. The third-order valence-electron chi connectivity index (χ3n) is 3.84. The van der Waals surface area contributed by atoms with E-state index in [9.17, 15) is 9.90 Å². The molecule has 1 aromatic carbocycles. The fourth-order valence-electron chi connectivity index (χ4n) is 2.67. The molecule has 0 bridgehead atoms. The van der Waals surface area contributed by atoms with Crippen LogP contribution < -0.4 is 14.8 Å². The van der Waals surface area contributed by atoms with E-state index in [0.29, 0.717) is 30.3 Å². The van der Waals surface area contributed by atoms with E-state index in [1.165, 1.54) is 0 Å². The quantitative estimate of drug-likeness (QED) is 0.859. The maximum absolute atomic E-state index is 12.2. The standard InChI is InChI=1S/C15H19NO4/c17-12-4-2-11(3-5-12)16-15(18)10-1-6-13-14(9-10)20-8-7-19-13/h1,6,9,11-12,17H,2-5,7-8H2,(H,16,18). The molecule has 1 aliphatic carbocycles. The Hall–Kier alpha value is -1.75. The second-order valence-corrected chi connectivity index (χ2v) is 5.34. The van der Waals surface area contributed by atoms with Gasteiger partial charge in [-0.2, -0.15) is 0 Å². The molecular weight excluding hydrogens is 258 g/mol. The first-order valence-corrected chi connectivity index (χ1v) is 7.11. The van der Waals surface area contributed by atoms with Crippen LogP contribution in [0.2, 0.25) is 0 Å². The average molecular weight is 277 g/mol. The Balaban J connectivity index is 1.65. The Labute approximate surface area is 117 Å². The lowest BCUT2D eigenvalue weighted by atomic mass is 9.93. The van der Waals surface area contributed by atoms with Crippen molar-refractivity contribution in [2.24, 2.45) is 0 Å². The topological polar surface area (TPSA) is 67.8 Å². The fourth-order valence-corrected chi connectivity index (χ4v) is 2.67. The first-order valence-electron chi connectivity index (χ1n) is 7.11. The van der Waals surface area contributed by atoms with Gasteiger partial charge in [-0.25, -0.2) is 0 Å². The zero-order valence-corrected chi connectivity index (χ0v) is 11.3. The van der Waals surface area contributed by atoms with Gasteiger partial charge < -0.3 is 19.9 Å². The van der Waals surface area contributed by atoms with Gasteiger partial charge in [0.25, 0.3) is 5.91 Å². The number of aliphatic hydroxyl groups is 1. The van der Waals surface area contributed by atoms with Gasteiger partial charge in [-0.15, -0.1) is 0 Å². The second kappa shape index (κ2) is 5.71. The highest BCUT2D eigenvalue weighted by Gasteiger charge is 2.22. The van der Waals surface area contributed by atoms with Gasteiger partial charge in [-0.3, -0.25) is 4.79 Å². The van der Waals surface area contributed by atoms with Gasteiger partial charge in [-0.1, -0.05) is 0 Å². The van der Waals surface area contributed by atoms with Crippen LogP contribution in [0.3, 0.4) is 0 Å². The maximum Gasteiger partial charge on any atom is 0.251 e. The molecule has 1 amide bonds. The van der Waals surface area contributed by atoms with E-state index < -0.39 is 0 Å². The lowest BCUT2D eigenvalue weighted by Gasteiger charge is -2.26. The molecule has 0 radical (unpaired) electrons. The van der Waals surface area contributed by atoms with Crippen LogP contribution in [0.1, 0.15) is 36.0 Å². The van der Waals surface area contributed by atoms with Crippen molar-refractivity contribution < 1.29 is 19.4 Å². The number of amides is 1. The number of fused-ring (bicyclic) bond motifs is 1. The van der Waals surface area contributed by atoms with Crippen LogP contribution in [0, 0.1) is 0 Å². The molecule has 0 aromatic heterocycles. The number of benzene rings is 1. The van der Waals surface area contributed by atoms with Crippen molar-refractivity contribution in [3.8, 4) is 11.5 Å². The van der Waals surface area contributed by atoms with Gasteiger partial charge >= 0.3 is 0 Å². The van der Waals surface area contributed by atoms with Gasteiger partial charge in [-0.05, 0) is 43.9 Å². The third-order valence-corrected chi connectivity index (χ3v) is 3.84. The molecule has 108 valence electrons. The normalized spacial score (nSPS) is 25.1. The Morgan fingerprint density at radius 3 is 2.55 bits per heavy atom. The highest BCUT2D eigenvalue weighted by atomic mass is 16.6. The van der Waals surface area contributed by atoms with E-state index in [2.05, 4.69) is 5.32 Å².